The first-order valence-corrected chi connectivity index (χ1v) is 11.1. The van der Waals surface area contributed by atoms with Gasteiger partial charge in [0.1, 0.15) is 0 Å². The van der Waals surface area contributed by atoms with E-state index in [9.17, 15) is 9.59 Å². The van der Waals surface area contributed by atoms with Crippen LogP contribution in [0.3, 0.4) is 0 Å². The second kappa shape index (κ2) is 10.9. The minimum Gasteiger partial charge on any atom is -0.348 e. The summed E-state index contributed by atoms with van der Waals surface area (Å²) in [6.45, 7) is 7.65. The van der Waals surface area contributed by atoms with Gasteiger partial charge >= 0.3 is 0 Å². The second-order valence-corrected chi connectivity index (χ2v) is 8.01. The van der Waals surface area contributed by atoms with E-state index in [1.54, 1.807) is 0 Å². The Labute approximate surface area is 179 Å². The van der Waals surface area contributed by atoms with Crippen molar-refractivity contribution in [2.75, 3.05) is 18.4 Å². The summed E-state index contributed by atoms with van der Waals surface area (Å²) in [5, 5.41) is 5.99. The van der Waals surface area contributed by atoms with E-state index in [1.807, 2.05) is 48.5 Å². The number of benzene rings is 2. The Morgan fingerprint density at radius 1 is 0.967 bits per heavy atom. The first-order valence-electron chi connectivity index (χ1n) is 11.1. The van der Waals surface area contributed by atoms with Crippen molar-refractivity contribution in [3.8, 4) is 0 Å². The molecular formula is C25H33N3O2. The van der Waals surface area contributed by atoms with Crippen LogP contribution in [0.5, 0.6) is 0 Å². The number of carbonyl (C=O) groups is 2. The molecule has 0 spiro atoms. The van der Waals surface area contributed by atoms with Crippen molar-refractivity contribution in [1.29, 1.82) is 0 Å². The Hall–Kier alpha value is -2.66. The van der Waals surface area contributed by atoms with E-state index in [4.69, 9.17) is 0 Å². The molecule has 2 N–H and O–H groups in total. The van der Waals surface area contributed by atoms with Crippen LogP contribution in [-0.4, -0.2) is 29.8 Å². The summed E-state index contributed by atoms with van der Waals surface area (Å²) in [4.78, 5) is 27.2. The average molecular weight is 408 g/mol. The summed E-state index contributed by atoms with van der Waals surface area (Å²) in [6, 6.07) is 15.5. The number of carbonyl (C=O) groups excluding carboxylic acids is 2. The number of anilines is 1. The first-order chi connectivity index (χ1) is 14.6. The van der Waals surface area contributed by atoms with Gasteiger partial charge in [0.2, 0.25) is 5.91 Å². The van der Waals surface area contributed by atoms with Gasteiger partial charge in [0.25, 0.3) is 5.91 Å². The zero-order valence-electron chi connectivity index (χ0n) is 18.1. The van der Waals surface area contributed by atoms with Crippen LogP contribution in [-0.2, 0) is 17.9 Å². The Bertz CT molecular complexity index is 838. The molecule has 5 nitrogen and oxygen atoms in total. The molecular weight excluding hydrogens is 374 g/mol. The molecule has 0 aromatic heterocycles. The molecule has 0 bridgehead atoms. The van der Waals surface area contributed by atoms with Gasteiger partial charge in [-0.1, -0.05) is 51.0 Å². The standard InChI is InChI=1S/C25H33N3O2/c1-3-28(4-2)18-19-12-14-22(15-13-19)24(29)26-17-20-8-7-11-23(16-20)27-25(30)21-9-5-6-10-21/h7-8,11-16,21H,3-6,9-10,17-18H2,1-2H3,(H,26,29)(H,27,30). The number of nitrogens with one attached hydrogen (secondary N) is 2. The molecule has 0 atom stereocenters. The van der Waals surface area contributed by atoms with Crippen molar-refractivity contribution >= 4 is 17.5 Å². The molecule has 0 saturated heterocycles. The molecule has 160 valence electrons. The third-order valence-electron chi connectivity index (χ3n) is 5.89. The maximum atomic E-state index is 12.5. The maximum absolute atomic E-state index is 12.5. The summed E-state index contributed by atoms with van der Waals surface area (Å²) >= 11 is 0. The van der Waals surface area contributed by atoms with Crippen LogP contribution < -0.4 is 10.6 Å². The Morgan fingerprint density at radius 3 is 2.33 bits per heavy atom. The Morgan fingerprint density at radius 2 is 1.67 bits per heavy atom. The molecule has 2 aromatic rings. The van der Waals surface area contributed by atoms with Crippen LogP contribution in [0.1, 0.15) is 61.0 Å². The van der Waals surface area contributed by atoms with E-state index >= 15 is 0 Å². The van der Waals surface area contributed by atoms with Gasteiger partial charge < -0.3 is 10.6 Å². The quantitative estimate of drug-likeness (QED) is 0.639. The van der Waals surface area contributed by atoms with Crippen LogP contribution in [0.4, 0.5) is 5.69 Å². The number of rotatable bonds is 9. The van der Waals surface area contributed by atoms with Gasteiger partial charge in [-0.15, -0.1) is 0 Å². The fourth-order valence-electron chi connectivity index (χ4n) is 3.94. The highest BCUT2D eigenvalue weighted by Gasteiger charge is 2.22. The van der Waals surface area contributed by atoms with Crippen LogP contribution in [0.2, 0.25) is 0 Å². The molecule has 5 heteroatoms. The van der Waals surface area contributed by atoms with Crippen molar-refractivity contribution in [3.63, 3.8) is 0 Å². The third kappa shape index (κ3) is 6.17. The molecule has 0 unspecified atom stereocenters. The molecule has 1 fully saturated rings. The number of amides is 2. The lowest BCUT2D eigenvalue weighted by Crippen LogP contribution is -2.24. The summed E-state index contributed by atoms with van der Waals surface area (Å²) < 4.78 is 0. The zero-order valence-corrected chi connectivity index (χ0v) is 18.1. The van der Waals surface area contributed by atoms with Crippen molar-refractivity contribution < 1.29 is 9.59 Å². The van der Waals surface area contributed by atoms with Gasteiger partial charge in [-0.3, -0.25) is 14.5 Å². The highest BCUT2D eigenvalue weighted by molar-refractivity contribution is 5.94. The van der Waals surface area contributed by atoms with Gasteiger partial charge in [-0.2, -0.15) is 0 Å². The molecule has 1 saturated carbocycles. The van der Waals surface area contributed by atoms with Crippen LogP contribution in [0.25, 0.3) is 0 Å². The summed E-state index contributed by atoms with van der Waals surface area (Å²) in [5.74, 6) is 0.154. The maximum Gasteiger partial charge on any atom is 0.251 e. The highest BCUT2D eigenvalue weighted by Crippen LogP contribution is 2.26. The van der Waals surface area contributed by atoms with Gasteiger partial charge in [0.05, 0.1) is 0 Å². The summed E-state index contributed by atoms with van der Waals surface area (Å²) in [5.41, 5.74) is 3.62. The largest absolute Gasteiger partial charge is 0.348 e. The fourth-order valence-corrected chi connectivity index (χ4v) is 3.94. The Balaban J connectivity index is 1.52. The van der Waals surface area contributed by atoms with Gasteiger partial charge in [0.15, 0.2) is 0 Å². The molecule has 30 heavy (non-hydrogen) atoms. The number of hydrogen-bond donors (Lipinski definition) is 2. The number of hydrogen-bond acceptors (Lipinski definition) is 3. The van der Waals surface area contributed by atoms with Gasteiger partial charge in [-0.05, 0) is 61.3 Å². The van der Waals surface area contributed by atoms with Crippen molar-refractivity contribution in [2.24, 2.45) is 5.92 Å². The minimum absolute atomic E-state index is 0.0928. The second-order valence-electron chi connectivity index (χ2n) is 8.01. The smallest absolute Gasteiger partial charge is 0.251 e. The molecule has 2 aromatic carbocycles. The van der Waals surface area contributed by atoms with E-state index in [1.165, 1.54) is 5.56 Å². The lowest BCUT2D eigenvalue weighted by atomic mass is 10.1. The monoisotopic (exact) mass is 407 g/mol. The molecule has 2 amide bonds. The van der Waals surface area contributed by atoms with Crippen molar-refractivity contribution in [1.82, 2.24) is 10.2 Å². The molecule has 1 aliphatic rings. The van der Waals surface area contributed by atoms with E-state index in [0.717, 1.165) is 56.6 Å². The molecule has 0 heterocycles. The topological polar surface area (TPSA) is 61.4 Å². The fraction of sp³-hybridized carbons (Fsp3) is 0.440. The van der Waals surface area contributed by atoms with E-state index < -0.39 is 0 Å². The first kappa shape index (κ1) is 22.0. The molecule has 1 aliphatic carbocycles. The van der Waals surface area contributed by atoms with Crippen LogP contribution in [0.15, 0.2) is 48.5 Å². The lowest BCUT2D eigenvalue weighted by Gasteiger charge is -2.18. The highest BCUT2D eigenvalue weighted by atomic mass is 16.2. The number of nitrogens with zero attached hydrogens (tertiary/aromatic N) is 1. The van der Waals surface area contributed by atoms with Crippen molar-refractivity contribution in [3.05, 3.63) is 65.2 Å². The van der Waals surface area contributed by atoms with Crippen LogP contribution in [0, 0.1) is 5.92 Å². The molecule has 0 radical (unpaired) electrons. The SMILES string of the molecule is CCN(CC)Cc1ccc(C(=O)NCc2cccc(NC(=O)C3CCCC3)c2)cc1. The third-order valence-corrected chi connectivity index (χ3v) is 5.89. The molecule has 0 aliphatic heterocycles. The normalized spacial score (nSPS) is 14.1. The lowest BCUT2D eigenvalue weighted by molar-refractivity contribution is -0.119. The van der Waals surface area contributed by atoms with E-state index in [2.05, 4.69) is 29.4 Å². The van der Waals surface area contributed by atoms with Crippen LogP contribution >= 0.6 is 0 Å². The summed E-state index contributed by atoms with van der Waals surface area (Å²) in [7, 11) is 0. The Kier molecular flexibility index (Phi) is 8.03. The van der Waals surface area contributed by atoms with Gasteiger partial charge in [0, 0.05) is 30.3 Å². The predicted octanol–water partition coefficient (Wildman–Crippen LogP) is 4.59. The van der Waals surface area contributed by atoms with Crippen molar-refractivity contribution in [2.45, 2.75) is 52.6 Å². The average Bonchev–Trinajstić information content (AvgIpc) is 3.32. The predicted molar refractivity (Wildman–Crippen MR) is 121 cm³/mol. The minimum atomic E-state index is -0.0928. The zero-order chi connectivity index (χ0) is 21.3. The van der Waals surface area contributed by atoms with E-state index in [-0.39, 0.29) is 17.7 Å². The van der Waals surface area contributed by atoms with Gasteiger partial charge in [-0.25, -0.2) is 0 Å². The molecule has 3 rings (SSSR count). The summed E-state index contributed by atoms with van der Waals surface area (Å²) in [6.07, 6.45) is 4.24. The van der Waals surface area contributed by atoms with E-state index in [0.29, 0.717) is 12.1 Å².